The van der Waals surface area contributed by atoms with Crippen molar-refractivity contribution in [1.82, 2.24) is 24.5 Å². The molecule has 0 spiro atoms. The van der Waals surface area contributed by atoms with E-state index in [0.717, 1.165) is 50.7 Å². The lowest BCUT2D eigenvalue weighted by atomic mass is 9.94. The lowest BCUT2D eigenvalue weighted by Gasteiger charge is -2.12. The van der Waals surface area contributed by atoms with Gasteiger partial charge in [0.1, 0.15) is 0 Å². The van der Waals surface area contributed by atoms with Gasteiger partial charge in [-0.15, -0.1) is 11.3 Å². The molecule has 8 aromatic carbocycles. The van der Waals surface area contributed by atoms with Crippen molar-refractivity contribution in [2.45, 2.75) is 0 Å². The van der Waals surface area contributed by atoms with Gasteiger partial charge in [-0.3, -0.25) is 0 Å². The molecule has 0 aliphatic heterocycles. The van der Waals surface area contributed by atoms with Crippen molar-refractivity contribution in [3.05, 3.63) is 188 Å². The number of thiophene rings is 1. The zero-order valence-corrected chi connectivity index (χ0v) is 31.9. The number of hydrogen-bond acceptors (Lipinski definition) is 5. The van der Waals surface area contributed by atoms with E-state index in [9.17, 15) is 0 Å². The standard InChI is InChI=1S/C52H31N5S/c1-3-14-32(15-4-1)43-31-44(56-51(55-43)34-16-5-2-6-17-34)33-24-26-35(27-25-33)57-45-23-12-11-20-38(45)41-30-42(52-53-28-13-29-54-52)47-46-39-21-9-7-18-36(39)37-19-8-10-22-40(37)49(46)58-50(47)48(41)57/h1-31H. The minimum absolute atomic E-state index is 0.703. The van der Waals surface area contributed by atoms with Gasteiger partial charge in [-0.05, 0) is 52.6 Å². The quantitative estimate of drug-likeness (QED) is 0.164. The summed E-state index contributed by atoms with van der Waals surface area (Å²) in [6.45, 7) is 0. The van der Waals surface area contributed by atoms with Gasteiger partial charge in [0.25, 0.3) is 0 Å². The third-order valence-corrected chi connectivity index (χ3v) is 12.5. The number of rotatable bonds is 5. The lowest BCUT2D eigenvalue weighted by molar-refractivity contribution is 1.17. The highest BCUT2D eigenvalue weighted by Gasteiger charge is 2.24. The molecule has 12 rings (SSSR count). The van der Waals surface area contributed by atoms with Crippen LogP contribution in [-0.2, 0) is 0 Å². The summed E-state index contributed by atoms with van der Waals surface area (Å²) >= 11 is 1.87. The Hall–Kier alpha value is -7.54. The normalized spacial score (nSPS) is 11.8. The van der Waals surface area contributed by atoms with Crippen molar-refractivity contribution in [2.75, 3.05) is 0 Å². The molecule has 0 radical (unpaired) electrons. The van der Waals surface area contributed by atoms with Crippen LogP contribution in [0.2, 0.25) is 0 Å². The molecule has 4 aromatic heterocycles. The van der Waals surface area contributed by atoms with Crippen molar-refractivity contribution in [1.29, 1.82) is 0 Å². The molecule has 4 heterocycles. The van der Waals surface area contributed by atoms with Crippen molar-refractivity contribution in [2.24, 2.45) is 0 Å². The minimum Gasteiger partial charge on any atom is -0.308 e. The predicted molar refractivity (Wildman–Crippen MR) is 242 cm³/mol. The largest absolute Gasteiger partial charge is 0.308 e. The Kier molecular flexibility index (Phi) is 7.33. The number of nitrogens with zero attached hydrogens (tertiary/aromatic N) is 5. The molecule has 0 amide bonds. The van der Waals surface area contributed by atoms with Crippen LogP contribution >= 0.6 is 11.3 Å². The maximum atomic E-state index is 5.12. The van der Waals surface area contributed by atoms with E-state index in [-0.39, 0.29) is 0 Å². The van der Waals surface area contributed by atoms with Gasteiger partial charge >= 0.3 is 0 Å². The smallest absolute Gasteiger partial charge is 0.160 e. The Labute approximate surface area is 337 Å². The first-order valence-corrected chi connectivity index (χ1v) is 20.2. The first-order valence-electron chi connectivity index (χ1n) is 19.4. The van der Waals surface area contributed by atoms with Gasteiger partial charge in [0, 0.05) is 72.0 Å². The molecule has 0 aliphatic carbocycles. The fourth-order valence-electron chi connectivity index (χ4n) is 8.74. The second-order valence-corrected chi connectivity index (χ2v) is 15.6. The third-order valence-electron chi connectivity index (χ3n) is 11.3. The number of fused-ring (bicyclic) bond motifs is 12. The van der Waals surface area contributed by atoms with Crippen molar-refractivity contribution >= 4 is 74.9 Å². The monoisotopic (exact) mass is 757 g/mol. The number of benzene rings is 8. The minimum atomic E-state index is 0.703. The molecule has 0 unspecified atom stereocenters. The van der Waals surface area contributed by atoms with E-state index < -0.39 is 0 Å². The van der Waals surface area contributed by atoms with E-state index in [1.54, 1.807) is 0 Å². The summed E-state index contributed by atoms with van der Waals surface area (Å²) in [5.41, 5.74) is 9.26. The van der Waals surface area contributed by atoms with Gasteiger partial charge in [-0.25, -0.2) is 19.9 Å². The fourth-order valence-corrected chi connectivity index (χ4v) is 10.2. The van der Waals surface area contributed by atoms with E-state index in [0.29, 0.717) is 5.82 Å². The Balaban J connectivity index is 1.14. The Bertz CT molecular complexity index is 3480. The van der Waals surface area contributed by atoms with Crippen LogP contribution in [0.1, 0.15) is 0 Å². The van der Waals surface area contributed by atoms with Crippen LogP contribution in [-0.4, -0.2) is 24.5 Å². The van der Waals surface area contributed by atoms with Gasteiger partial charge in [-0.2, -0.15) is 0 Å². The average molecular weight is 758 g/mol. The van der Waals surface area contributed by atoms with Crippen LogP contribution in [0.15, 0.2) is 188 Å². The van der Waals surface area contributed by atoms with E-state index in [2.05, 4.69) is 138 Å². The Morgan fingerprint density at radius 2 is 0.966 bits per heavy atom. The first kappa shape index (κ1) is 32.7. The number of hydrogen-bond donors (Lipinski definition) is 0. The van der Waals surface area contributed by atoms with Crippen molar-refractivity contribution in [3.63, 3.8) is 0 Å². The molecule has 0 aliphatic rings. The Morgan fingerprint density at radius 3 is 1.67 bits per heavy atom. The van der Waals surface area contributed by atoms with E-state index >= 15 is 0 Å². The van der Waals surface area contributed by atoms with E-state index in [1.165, 1.54) is 58.0 Å². The maximum Gasteiger partial charge on any atom is 0.160 e. The van der Waals surface area contributed by atoms with E-state index in [1.807, 2.05) is 66.2 Å². The molecule has 0 fully saturated rings. The molecule has 12 aromatic rings. The average Bonchev–Trinajstić information content (AvgIpc) is 3.87. The first-order chi connectivity index (χ1) is 28.8. The molecule has 0 atom stereocenters. The molecular weight excluding hydrogens is 727 g/mol. The van der Waals surface area contributed by atoms with Gasteiger partial charge in [0.15, 0.2) is 11.6 Å². The molecule has 0 N–H and O–H groups in total. The number of para-hydroxylation sites is 1. The van der Waals surface area contributed by atoms with Gasteiger partial charge < -0.3 is 4.57 Å². The second-order valence-electron chi connectivity index (χ2n) is 14.6. The van der Waals surface area contributed by atoms with Crippen LogP contribution in [0.3, 0.4) is 0 Å². The fraction of sp³-hybridized carbons (Fsp3) is 0. The van der Waals surface area contributed by atoms with E-state index in [4.69, 9.17) is 19.9 Å². The molecule has 5 nitrogen and oxygen atoms in total. The molecule has 0 saturated carbocycles. The van der Waals surface area contributed by atoms with Gasteiger partial charge in [-0.1, -0.05) is 140 Å². The summed E-state index contributed by atoms with van der Waals surface area (Å²) in [7, 11) is 0. The predicted octanol–water partition coefficient (Wildman–Crippen LogP) is 13.7. The summed E-state index contributed by atoms with van der Waals surface area (Å²) in [6, 6.07) is 62.0. The maximum absolute atomic E-state index is 5.12. The van der Waals surface area contributed by atoms with Gasteiger partial charge in [0.2, 0.25) is 0 Å². The van der Waals surface area contributed by atoms with Crippen LogP contribution in [0, 0.1) is 0 Å². The third kappa shape index (κ3) is 5.02. The van der Waals surface area contributed by atoms with Crippen LogP contribution in [0.5, 0.6) is 0 Å². The highest BCUT2D eigenvalue weighted by molar-refractivity contribution is 7.28. The summed E-state index contributed by atoms with van der Waals surface area (Å²) in [4.78, 5) is 19.8. The van der Waals surface area contributed by atoms with Crippen LogP contribution in [0.25, 0.3) is 115 Å². The lowest BCUT2D eigenvalue weighted by Crippen LogP contribution is -1.97. The SMILES string of the molecule is c1ccc(-c2cc(-c3ccc(-n4c5ccccc5c5cc(-c6ncccn6)c6c(sc7c8ccccc8c8ccccc8c76)c54)cc3)nc(-c3ccccc3)n2)cc1. The zero-order chi connectivity index (χ0) is 38.2. The van der Waals surface area contributed by atoms with Crippen molar-refractivity contribution in [3.8, 4) is 51.0 Å². The molecule has 6 heteroatoms. The number of aromatic nitrogens is 5. The molecule has 58 heavy (non-hydrogen) atoms. The summed E-state index contributed by atoms with van der Waals surface area (Å²) in [5, 5.41) is 9.79. The van der Waals surface area contributed by atoms with Crippen LogP contribution in [0.4, 0.5) is 0 Å². The zero-order valence-electron chi connectivity index (χ0n) is 31.0. The van der Waals surface area contributed by atoms with Crippen molar-refractivity contribution < 1.29 is 0 Å². The summed E-state index contributed by atoms with van der Waals surface area (Å²) in [5.74, 6) is 1.43. The van der Waals surface area contributed by atoms with Gasteiger partial charge in [0.05, 0.1) is 27.1 Å². The second kappa shape index (κ2) is 13.0. The molecular formula is C52H31N5S. The highest BCUT2D eigenvalue weighted by Crippen LogP contribution is 2.51. The highest BCUT2D eigenvalue weighted by atomic mass is 32.1. The Morgan fingerprint density at radius 1 is 0.397 bits per heavy atom. The van der Waals surface area contributed by atoms with Crippen LogP contribution < -0.4 is 0 Å². The molecule has 0 bridgehead atoms. The molecule has 0 saturated heterocycles. The topological polar surface area (TPSA) is 56.5 Å². The summed E-state index contributed by atoms with van der Waals surface area (Å²) < 4.78 is 4.93. The molecule has 270 valence electrons. The summed E-state index contributed by atoms with van der Waals surface area (Å²) in [6.07, 6.45) is 3.68.